The molecule has 2 aromatic heterocycles. The van der Waals surface area contributed by atoms with E-state index in [1.165, 1.54) is 24.1 Å². The Labute approximate surface area is 119 Å². The number of nitrogens with one attached hydrogen (secondary N) is 1. The standard InChI is InChI=1S/C15H21N5/c1-3-7-16-13-5-4-6-14-12(13)9-17-15(19-14)11-8-18-20(2)10-11/h8-10,13,16H,3-7H2,1-2H3. The molecule has 2 aromatic rings. The molecular formula is C15H21N5. The summed E-state index contributed by atoms with van der Waals surface area (Å²) in [4.78, 5) is 9.28. The zero-order chi connectivity index (χ0) is 13.9. The number of fused-ring (bicyclic) bond motifs is 1. The lowest BCUT2D eigenvalue weighted by molar-refractivity contribution is 0.454. The van der Waals surface area contributed by atoms with Crippen LogP contribution in [0.15, 0.2) is 18.6 Å². The summed E-state index contributed by atoms with van der Waals surface area (Å²) in [6, 6.07) is 0.418. The van der Waals surface area contributed by atoms with E-state index in [9.17, 15) is 0 Å². The Balaban J connectivity index is 1.88. The smallest absolute Gasteiger partial charge is 0.162 e. The quantitative estimate of drug-likeness (QED) is 0.926. The molecule has 0 aromatic carbocycles. The van der Waals surface area contributed by atoms with Crippen LogP contribution in [0.25, 0.3) is 11.4 Å². The summed E-state index contributed by atoms with van der Waals surface area (Å²) in [6.45, 7) is 3.24. The number of hydrogen-bond acceptors (Lipinski definition) is 4. The molecule has 0 amide bonds. The molecule has 106 valence electrons. The van der Waals surface area contributed by atoms with Crippen molar-refractivity contribution in [3.8, 4) is 11.4 Å². The highest BCUT2D eigenvalue weighted by Crippen LogP contribution is 2.29. The Kier molecular flexibility index (Phi) is 3.78. The van der Waals surface area contributed by atoms with Gasteiger partial charge in [-0.3, -0.25) is 4.68 Å². The van der Waals surface area contributed by atoms with Gasteiger partial charge in [0.1, 0.15) is 0 Å². The molecule has 20 heavy (non-hydrogen) atoms. The predicted octanol–water partition coefficient (Wildman–Crippen LogP) is 2.25. The molecule has 1 atom stereocenters. The molecule has 0 fully saturated rings. The van der Waals surface area contributed by atoms with Crippen LogP contribution in [0.3, 0.4) is 0 Å². The van der Waals surface area contributed by atoms with Gasteiger partial charge in [-0.25, -0.2) is 9.97 Å². The van der Waals surface area contributed by atoms with Gasteiger partial charge in [0, 0.05) is 36.7 Å². The van der Waals surface area contributed by atoms with Gasteiger partial charge < -0.3 is 5.32 Å². The van der Waals surface area contributed by atoms with Gasteiger partial charge in [0.05, 0.1) is 11.8 Å². The maximum absolute atomic E-state index is 4.75. The molecule has 1 unspecified atom stereocenters. The van der Waals surface area contributed by atoms with E-state index in [-0.39, 0.29) is 0 Å². The summed E-state index contributed by atoms with van der Waals surface area (Å²) in [5.74, 6) is 0.785. The first-order chi connectivity index (χ1) is 9.78. The molecule has 0 spiro atoms. The van der Waals surface area contributed by atoms with Gasteiger partial charge in [-0.1, -0.05) is 6.92 Å². The third-order valence-corrected chi connectivity index (χ3v) is 3.79. The maximum Gasteiger partial charge on any atom is 0.162 e. The fourth-order valence-electron chi connectivity index (χ4n) is 2.75. The van der Waals surface area contributed by atoms with Crippen LogP contribution < -0.4 is 5.32 Å². The fraction of sp³-hybridized carbons (Fsp3) is 0.533. The average molecular weight is 271 g/mol. The topological polar surface area (TPSA) is 55.6 Å². The first-order valence-corrected chi connectivity index (χ1v) is 7.36. The minimum atomic E-state index is 0.418. The van der Waals surface area contributed by atoms with Gasteiger partial charge >= 0.3 is 0 Å². The Morgan fingerprint density at radius 2 is 2.30 bits per heavy atom. The van der Waals surface area contributed by atoms with Crippen LogP contribution in [0.4, 0.5) is 0 Å². The van der Waals surface area contributed by atoms with Crippen molar-refractivity contribution in [3.63, 3.8) is 0 Å². The highest BCUT2D eigenvalue weighted by molar-refractivity contribution is 5.52. The van der Waals surface area contributed by atoms with Gasteiger partial charge in [0.15, 0.2) is 5.82 Å². The van der Waals surface area contributed by atoms with Crippen LogP contribution in [-0.2, 0) is 13.5 Å². The van der Waals surface area contributed by atoms with Crippen LogP contribution in [0.5, 0.6) is 0 Å². The van der Waals surface area contributed by atoms with E-state index in [1.807, 2.05) is 25.6 Å². The lowest BCUT2D eigenvalue weighted by Gasteiger charge is -2.25. The van der Waals surface area contributed by atoms with Crippen LogP contribution >= 0.6 is 0 Å². The van der Waals surface area contributed by atoms with Gasteiger partial charge in [0.2, 0.25) is 0 Å². The van der Waals surface area contributed by atoms with Crippen LogP contribution in [-0.4, -0.2) is 26.3 Å². The summed E-state index contributed by atoms with van der Waals surface area (Å²) in [5, 5.41) is 7.78. The van der Waals surface area contributed by atoms with E-state index in [1.54, 1.807) is 4.68 Å². The first-order valence-electron chi connectivity index (χ1n) is 7.36. The summed E-state index contributed by atoms with van der Waals surface area (Å²) >= 11 is 0. The molecule has 0 aliphatic heterocycles. The van der Waals surface area contributed by atoms with E-state index >= 15 is 0 Å². The molecule has 0 saturated heterocycles. The zero-order valence-electron chi connectivity index (χ0n) is 12.1. The number of hydrogen-bond donors (Lipinski definition) is 1. The Morgan fingerprint density at radius 1 is 1.40 bits per heavy atom. The van der Waals surface area contributed by atoms with Crippen molar-refractivity contribution in [2.75, 3.05) is 6.54 Å². The Morgan fingerprint density at radius 3 is 3.05 bits per heavy atom. The summed E-state index contributed by atoms with van der Waals surface area (Å²) < 4.78 is 1.78. The second kappa shape index (κ2) is 5.71. The summed E-state index contributed by atoms with van der Waals surface area (Å²) in [5.41, 5.74) is 3.45. The van der Waals surface area contributed by atoms with Crippen molar-refractivity contribution in [1.29, 1.82) is 0 Å². The number of nitrogens with zero attached hydrogens (tertiary/aromatic N) is 4. The molecule has 0 bridgehead atoms. The molecule has 1 aliphatic rings. The van der Waals surface area contributed by atoms with Crippen molar-refractivity contribution in [1.82, 2.24) is 25.1 Å². The van der Waals surface area contributed by atoms with Gasteiger partial charge in [-0.05, 0) is 32.2 Å². The normalized spacial score (nSPS) is 18.0. The van der Waals surface area contributed by atoms with Crippen molar-refractivity contribution < 1.29 is 0 Å². The Hall–Kier alpha value is -1.75. The molecule has 3 rings (SSSR count). The van der Waals surface area contributed by atoms with Crippen molar-refractivity contribution in [3.05, 3.63) is 29.8 Å². The molecule has 2 heterocycles. The molecule has 1 N–H and O–H groups in total. The lowest BCUT2D eigenvalue weighted by atomic mass is 9.92. The molecule has 0 radical (unpaired) electrons. The zero-order valence-corrected chi connectivity index (χ0v) is 12.1. The van der Waals surface area contributed by atoms with E-state index in [0.717, 1.165) is 30.8 Å². The van der Waals surface area contributed by atoms with Crippen molar-refractivity contribution in [2.24, 2.45) is 7.05 Å². The number of aromatic nitrogens is 4. The third-order valence-electron chi connectivity index (χ3n) is 3.79. The first kappa shape index (κ1) is 13.2. The van der Waals surface area contributed by atoms with Crippen LogP contribution in [0.2, 0.25) is 0 Å². The fourth-order valence-corrected chi connectivity index (χ4v) is 2.75. The second-order valence-electron chi connectivity index (χ2n) is 5.40. The maximum atomic E-state index is 4.75. The highest BCUT2D eigenvalue weighted by atomic mass is 15.2. The Bertz CT molecular complexity index is 590. The second-order valence-corrected chi connectivity index (χ2v) is 5.40. The average Bonchev–Trinajstić information content (AvgIpc) is 2.91. The summed E-state index contributed by atoms with van der Waals surface area (Å²) in [6.07, 6.45) is 10.3. The van der Waals surface area contributed by atoms with Gasteiger partial charge in [-0.15, -0.1) is 0 Å². The van der Waals surface area contributed by atoms with Crippen LogP contribution in [0.1, 0.15) is 43.5 Å². The summed E-state index contributed by atoms with van der Waals surface area (Å²) in [7, 11) is 1.91. The monoisotopic (exact) mass is 271 g/mol. The van der Waals surface area contributed by atoms with Crippen LogP contribution in [0, 0.1) is 0 Å². The highest BCUT2D eigenvalue weighted by Gasteiger charge is 2.22. The minimum Gasteiger partial charge on any atom is -0.310 e. The van der Waals surface area contributed by atoms with E-state index < -0.39 is 0 Å². The molecule has 5 heteroatoms. The molecule has 1 aliphatic carbocycles. The van der Waals surface area contributed by atoms with Crippen molar-refractivity contribution in [2.45, 2.75) is 38.6 Å². The third kappa shape index (κ3) is 2.58. The number of rotatable bonds is 4. The lowest BCUT2D eigenvalue weighted by Crippen LogP contribution is -2.26. The molecule has 0 saturated carbocycles. The minimum absolute atomic E-state index is 0.418. The largest absolute Gasteiger partial charge is 0.310 e. The SMILES string of the molecule is CCCNC1CCCc2nc(-c3cnn(C)c3)ncc21. The van der Waals surface area contributed by atoms with E-state index in [4.69, 9.17) is 4.98 Å². The predicted molar refractivity (Wildman–Crippen MR) is 78.2 cm³/mol. The van der Waals surface area contributed by atoms with E-state index in [0.29, 0.717) is 6.04 Å². The van der Waals surface area contributed by atoms with Crippen molar-refractivity contribution >= 4 is 0 Å². The van der Waals surface area contributed by atoms with Gasteiger partial charge in [-0.2, -0.15) is 5.10 Å². The molecule has 5 nitrogen and oxygen atoms in total. The van der Waals surface area contributed by atoms with Gasteiger partial charge in [0.25, 0.3) is 0 Å². The number of aryl methyl sites for hydroxylation is 2. The van der Waals surface area contributed by atoms with E-state index in [2.05, 4.69) is 22.3 Å². The molecular weight excluding hydrogens is 250 g/mol.